The van der Waals surface area contributed by atoms with Crippen molar-refractivity contribution in [3.05, 3.63) is 71.8 Å². The summed E-state index contributed by atoms with van der Waals surface area (Å²) in [4.78, 5) is 14.5. The van der Waals surface area contributed by atoms with E-state index >= 15 is 0 Å². The third-order valence-electron chi connectivity index (χ3n) is 4.96. The number of carbonyl (C=O) groups is 1. The van der Waals surface area contributed by atoms with Gasteiger partial charge in [-0.25, -0.2) is 0 Å². The van der Waals surface area contributed by atoms with Crippen LogP contribution in [-0.4, -0.2) is 23.9 Å². The highest BCUT2D eigenvalue weighted by Gasteiger charge is 2.24. The Bertz CT molecular complexity index is 633. The number of likely N-dealkylation sites (tertiary alicyclic amines) is 1. The van der Waals surface area contributed by atoms with Crippen LogP contribution in [0.1, 0.15) is 36.4 Å². The molecule has 2 N–H and O–H groups in total. The van der Waals surface area contributed by atoms with Crippen molar-refractivity contribution in [3.8, 4) is 0 Å². The number of rotatable bonds is 5. The number of nitrogens with two attached hydrogens (primary N) is 1. The van der Waals surface area contributed by atoms with Gasteiger partial charge in [-0.05, 0) is 36.3 Å². The number of piperidine rings is 1. The largest absolute Gasteiger partial charge is 0.343 e. The highest BCUT2D eigenvalue weighted by Crippen LogP contribution is 2.23. The van der Waals surface area contributed by atoms with Crippen molar-refractivity contribution in [2.75, 3.05) is 13.1 Å². The molecule has 2 aromatic carbocycles. The van der Waals surface area contributed by atoms with Crippen molar-refractivity contribution < 1.29 is 4.79 Å². The zero-order valence-corrected chi connectivity index (χ0v) is 14.1. The number of benzene rings is 2. The minimum atomic E-state index is -0.208. The number of nitrogens with zero attached hydrogens (tertiary/aromatic N) is 1. The number of hydrogen-bond acceptors (Lipinski definition) is 2. The first kappa shape index (κ1) is 16.7. The smallest absolute Gasteiger partial charge is 0.224 e. The summed E-state index contributed by atoms with van der Waals surface area (Å²) in [6, 6.07) is 20.3. The van der Waals surface area contributed by atoms with Gasteiger partial charge < -0.3 is 10.6 Å². The van der Waals surface area contributed by atoms with Crippen LogP contribution in [0, 0.1) is 5.92 Å². The lowest BCUT2D eigenvalue weighted by Crippen LogP contribution is -2.40. The summed E-state index contributed by atoms with van der Waals surface area (Å²) < 4.78 is 0. The van der Waals surface area contributed by atoms with E-state index in [2.05, 4.69) is 30.3 Å². The maximum atomic E-state index is 12.5. The zero-order valence-electron chi connectivity index (χ0n) is 14.1. The first-order chi connectivity index (χ1) is 11.7. The van der Waals surface area contributed by atoms with Gasteiger partial charge in [0.2, 0.25) is 5.91 Å². The lowest BCUT2D eigenvalue weighted by molar-refractivity contribution is -0.133. The molecule has 1 amide bonds. The molecule has 0 radical (unpaired) electrons. The molecule has 1 unspecified atom stereocenters. The first-order valence-electron chi connectivity index (χ1n) is 8.84. The molecule has 1 aliphatic rings. The summed E-state index contributed by atoms with van der Waals surface area (Å²) in [6.07, 6.45) is 3.68. The Kier molecular flexibility index (Phi) is 5.65. The Morgan fingerprint density at radius 3 is 2.21 bits per heavy atom. The molecule has 3 rings (SSSR count). The van der Waals surface area contributed by atoms with Crippen LogP contribution in [0.3, 0.4) is 0 Å². The van der Waals surface area contributed by atoms with Crippen molar-refractivity contribution in [1.29, 1.82) is 0 Å². The van der Waals surface area contributed by atoms with E-state index in [1.54, 1.807) is 0 Å². The highest BCUT2D eigenvalue weighted by atomic mass is 16.2. The molecular weight excluding hydrogens is 296 g/mol. The lowest BCUT2D eigenvalue weighted by Gasteiger charge is -2.32. The summed E-state index contributed by atoms with van der Waals surface area (Å²) in [5.74, 6) is 0.865. The highest BCUT2D eigenvalue weighted by molar-refractivity contribution is 5.77. The Balaban J connectivity index is 1.47. The van der Waals surface area contributed by atoms with Gasteiger partial charge in [0.1, 0.15) is 0 Å². The quantitative estimate of drug-likeness (QED) is 0.915. The van der Waals surface area contributed by atoms with Crippen molar-refractivity contribution >= 4 is 5.91 Å². The van der Waals surface area contributed by atoms with Gasteiger partial charge in [-0.1, -0.05) is 60.7 Å². The Morgan fingerprint density at radius 2 is 1.58 bits per heavy atom. The van der Waals surface area contributed by atoms with Gasteiger partial charge in [0.25, 0.3) is 0 Å². The van der Waals surface area contributed by atoms with Gasteiger partial charge in [0.05, 0.1) is 0 Å². The zero-order chi connectivity index (χ0) is 16.8. The third-order valence-corrected chi connectivity index (χ3v) is 4.96. The molecule has 1 heterocycles. The summed E-state index contributed by atoms with van der Waals surface area (Å²) in [5.41, 5.74) is 8.61. The normalized spacial score (nSPS) is 16.8. The van der Waals surface area contributed by atoms with Gasteiger partial charge in [0, 0.05) is 25.6 Å². The maximum absolute atomic E-state index is 12.5. The summed E-state index contributed by atoms with van der Waals surface area (Å²) in [5, 5.41) is 0. The monoisotopic (exact) mass is 322 g/mol. The fourth-order valence-corrected chi connectivity index (χ4v) is 3.47. The second-order valence-corrected chi connectivity index (χ2v) is 6.74. The van der Waals surface area contributed by atoms with E-state index in [0.717, 1.165) is 37.9 Å². The second kappa shape index (κ2) is 8.11. The number of amides is 1. The van der Waals surface area contributed by atoms with Gasteiger partial charge in [-0.3, -0.25) is 4.79 Å². The van der Waals surface area contributed by atoms with Crippen molar-refractivity contribution in [3.63, 3.8) is 0 Å². The van der Waals surface area contributed by atoms with Crippen molar-refractivity contribution in [2.45, 2.75) is 31.7 Å². The van der Waals surface area contributed by atoms with E-state index in [1.165, 1.54) is 5.56 Å². The van der Waals surface area contributed by atoms with E-state index in [1.807, 2.05) is 35.2 Å². The van der Waals surface area contributed by atoms with E-state index in [0.29, 0.717) is 12.3 Å². The van der Waals surface area contributed by atoms with Crippen LogP contribution in [0.5, 0.6) is 0 Å². The molecule has 1 aliphatic heterocycles. The van der Waals surface area contributed by atoms with Crippen LogP contribution in [0.25, 0.3) is 0 Å². The molecule has 0 aliphatic carbocycles. The van der Waals surface area contributed by atoms with E-state index in [4.69, 9.17) is 5.73 Å². The predicted octanol–water partition coefficient (Wildman–Crippen LogP) is 3.56. The molecule has 2 aromatic rings. The first-order valence-corrected chi connectivity index (χ1v) is 8.84. The van der Waals surface area contributed by atoms with Gasteiger partial charge in [0.15, 0.2) is 0 Å². The summed E-state index contributed by atoms with van der Waals surface area (Å²) in [7, 11) is 0. The average Bonchev–Trinajstić information content (AvgIpc) is 2.64. The van der Waals surface area contributed by atoms with Crippen LogP contribution in [0.15, 0.2) is 60.7 Å². The van der Waals surface area contributed by atoms with Crippen LogP contribution < -0.4 is 5.73 Å². The summed E-state index contributed by atoms with van der Waals surface area (Å²) in [6.45, 7) is 1.72. The Morgan fingerprint density at radius 1 is 1.00 bits per heavy atom. The molecule has 3 heteroatoms. The van der Waals surface area contributed by atoms with Crippen LogP contribution >= 0.6 is 0 Å². The molecule has 1 fully saturated rings. The molecule has 24 heavy (non-hydrogen) atoms. The molecule has 1 saturated heterocycles. The molecule has 0 aromatic heterocycles. The number of carbonyl (C=O) groups excluding carboxylic acids is 1. The molecule has 0 spiro atoms. The third kappa shape index (κ3) is 4.45. The predicted molar refractivity (Wildman–Crippen MR) is 97.4 cm³/mol. The van der Waals surface area contributed by atoms with E-state index in [9.17, 15) is 4.79 Å². The van der Waals surface area contributed by atoms with E-state index < -0.39 is 0 Å². The maximum Gasteiger partial charge on any atom is 0.224 e. The average molecular weight is 322 g/mol. The summed E-state index contributed by atoms with van der Waals surface area (Å²) >= 11 is 0. The second-order valence-electron chi connectivity index (χ2n) is 6.74. The Labute approximate surface area is 144 Å². The van der Waals surface area contributed by atoms with Gasteiger partial charge in [-0.15, -0.1) is 0 Å². The van der Waals surface area contributed by atoms with Gasteiger partial charge in [-0.2, -0.15) is 0 Å². The fourth-order valence-electron chi connectivity index (χ4n) is 3.47. The van der Waals surface area contributed by atoms with Crippen LogP contribution in [-0.2, 0) is 11.2 Å². The molecular formula is C21H26N2O. The fraction of sp³-hybridized carbons (Fsp3) is 0.381. The Hall–Kier alpha value is -2.13. The molecule has 126 valence electrons. The number of hydrogen-bond donors (Lipinski definition) is 1. The van der Waals surface area contributed by atoms with Crippen LogP contribution in [0.2, 0.25) is 0 Å². The van der Waals surface area contributed by atoms with Crippen LogP contribution in [0.4, 0.5) is 0 Å². The van der Waals surface area contributed by atoms with Crippen molar-refractivity contribution in [2.24, 2.45) is 11.7 Å². The molecule has 0 saturated carbocycles. The molecule has 0 bridgehead atoms. The standard InChI is InChI=1S/C21H26N2O/c22-20(19-9-5-2-6-10-19)16-21(24)23-13-11-18(12-14-23)15-17-7-3-1-4-8-17/h1-10,18,20H,11-16,22H2. The SMILES string of the molecule is NC(CC(=O)N1CCC(Cc2ccccc2)CC1)c1ccccc1. The lowest BCUT2D eigenvalue weighted by atomic mass is 9.90. The van der Waals surface area contributed by atoms with E-state index in [-0.39, 0.29) is 11.9 Å². The molecule has 1 atom stereocenters. The van der Waals surface area contributed by atoms with Crippen molar-refractivity contribution in [1.82, 2.24) is 4.90 Å². The minimum Gasteiger partial charge on any atom is -0.343 e. The van der Waals surface area contributed by atoms with Gasteiger partial charge >= 0.3 is 0 Å². The minimum absolute atomic E-state index is 0.185. The molecule has 3 nitrogen and oxygen atoms in total. The topological polar surface area (TPSA) is 46.3 Å².